The van der Waals surface area contributed by atoms with E-state index in [1.165, 1.54) is 6.92 Å². The van der Waals surface area contributed by atoms with Gasteiger partial charge in [-0.3, -0.25) is 4.79 Å². The molecule has 0 aromatic heterocycles. The number of rotatable bonds is 3. The molecule has 1 aromatic carbocycles. The lowest BCUT2D eigenvalue weighted by molar-refractivity contribution is -0.132. The number of allylic oxidation sites excluding steroid dienone is 2. The van der Waals surface area contributed by atoms with E-state index in [4.69, 9.17) is 9.47 Å². The number of ether oxygens (including phenoxy) is 2. The first kappa shape index (κ1) is 22.4. The molecule has 3 rings (SSSR count). The summed E-state index contributed by atoms with van der Waals surface area (Å²) < 4.78 is 11.6. The molecule has 2 aliphatic heterocycles. The molecule has 2 heterocycles. The molecule has 1 aromatic rings. The number of thioether (sulfide) groups is 4. The smallest absolute Gasteiger partial charge is 0.335 e. The highest BCUT2D eigenvalue weighted by Crippen LogP contribution is 2.68. The van der Waals surface area contributed by atoms with Crippen LogP contribution < -0.4 is 9.47 Å². The monoisotopic (exact) mass is 482 g/mol. The molecule has 2 aliphatic rings. The van der Waals surface area contributed by atoms with Crippen LogP contribution in [0.3, 0.4) is 0 Å². The van der Waals surface area contributed by atoms with Gasteiger partial charge in [-0.05, 0) is 0 Å². The van der Waals surface area contributed by atoms with Crippen molar-refractivity contribution < 1.29 is 19.1 Å². The molecule has 31 heavy (non-hydrogen) atoms. The van der Waals surface area contributed by atoms with Crippen molar-refractivity contribution in [2.75, 3.05) is 0 Å². The van der Waals surface area contributed by atoms with Crippen molar-refractivity contribution in [1.82, 2.24) is 0 Å². The molecular weight excluding hydrogens is 477 g/mol. The Morgan fingerprint density at radius 2 is 1.13 bits per heavy atom. The van der Waals surface area contributed by atoms with E-state index < -0.39 is 11.9 Å². The highest BCUT2D eigenvalue weighted by atomic mass is 32.2. The Labute approximate surface area is 193 Å². The summed E-state index contributed by atoms with van der Waals surface area (Å²) in [5, 5.41) is 36.9. The fourth-order valence-electron chi connectivity index (χ4n) is 2.31. The lowest BCUT2D eigenvalue weighted by Crippen LogP contribution is -2.08. The molecule has 0 radical (unpaired) electrons. The normalized spacial score (nSPS) is 12.9. The Balaban J connectivity index is 2.33. The van der Waals surface area contributed by atoms with Gasteiger partial charge in [0.15, 0.2) is 11.5 Å². The number of hydrogen-bond acceptors (Lipinski definition) is 12. The molecule has 0 spiro atoms. The van der Waals surface area contributed by atoms with E-state index in [0.29, 0.717) is 28.1 Å². The quantitative estimate of drug-likeness (QED) is 0.256. The first-order valence-electron chi connectivity index (χ1n) is 7.95. The lowest BCUT2D eigenvalue weighted by Gasteiger charge is -2.15. The topological polar surface area (TPSA) is 148 Å². The van der Waals surface area contributed by atoms with Crippen LogP contribution in [0.15, 0.2) is 51.9 Å². The van der Waals surface area contributed by atoms with Crippen LogP contribution in [0.1, 0.15) is 6.92 Å². The molecular formula is C19H6N4O4S4. The maximum absolute atomic E-state index is 12.0. The number of carbonyl (C=O) groups excluding carboxylic acids is 2. The minimum Gasteiger partial charge on any atom is -0.424 e. The third-order valence-electron chi connectivity index (χ3n) is 3.49. The molecule has 0 saturated heterocycles. The SMILES string of the molecule is C=CC(=O)Oc1c2c(c(OC(C)=O)c3c1SC(=C(C#N)C#N)S3)SC(=C(C#N)C#N)S2. The van der Waals surface area contributed by atoms with Crippen LogP contribution in [0.4, 0.5) is 0 Å². The van der Waals surface area contributed by atoms with Crippen LogP contribution in [0, 0.1) is 45.3 Å². The van der Waals surface area contributed by atoms with Crippen molar-refractivity contribution in [2.45, 2.75) is 26.5 Å². The summed E-state index contributed by atoms with van der Waals surface area (Å²) in [6.07, 6.45) is 0.970. The second kappa shape index (κ2) is 9.26. The summed E-state index contributed by atoms with van der Waals surface area (Å²) in [6, 6.07) is 7.24. The average Bonchev–Trinajstić information content (AvgIpc) is 3.37. The second-order valence-corrected chi connectivity index (χ2v) is 9.97. The van der Waals surface area contributed by atoms with Gasteiger partial charge in [0.2, 0.25) is 0 Å². The minimum absolute atomic E-state index is 0.108. The number of nitrogens with zero attached hydrogens (tertiary/aromatic N) is 4. The summed E-state index contributed by atoms with van der Waals surface area (Å²) in [4.78, 5) is 25.3. The van der Waals surface area contributed by atoms with E-state index in [9.17, 15) is 30.6 Å². The van der Waals surface area contributed by atoms with E-state index in [1.54, 1.807) is 0 Å². The standard InChI is InChI=1S/C19H6N4O4S4/c1-3-11(25)27-13-16-14(28-18(30-16)9(4-20)5-21)12(26-8(2)24)15-17(13)31-19(29-15)10(6-22)7-23/h3H,1H2,2H3. The molecule has 8 nitrogen and oxygen atoms in total. The molecule has 0 N–H and O–H groups in total. The molecule has 0 bridgehead atoms. The molecule has 0 atom stereocenters. The maximum atomic E-state index is 12.0. The minimum atomic E-state index is -0.753. The predicted molar refractivity (Wildman–Crippen MR) is 114 cm³/mol. The molecule has 150 valence electrons. The van der Waals surface area contributed by atoms with Gasteiger partial charge >= 0.3 is 11.9 Å². The van der Waals surface area contributed by atoms with Crippen molar-refractivity contribution in [3.63, 3.8) is 0 Å². The highest BCUT2D eigenvalue weighted by Gasteiger charge is 2.39. The predicted octanol–water partition coefficient (Wildman–Crippen LogP) is 4.62. The number of hydrogen-bond donors (Lipinski definition) is 0. The van der Waals surface area contributed by atoms with E-state index in [2.05, 4.69) is 6.58 Å². The van der Waals surface area contributed by atoms with Gasteiger partial charge in [-0.25, -0.2) is 4.79 Å². The Hall–Kier alpha value is -3.26. The van der Waals surface area contributed by atoms with Crippen LogP contribution in [0.5, 0.6) is 11.5 Å². The van der Waals surface area contributed by atoms with E-state index in [1.807, 2.05) is 24.3 Å². The number of carbonyl (C=O) groups is 2. The Bertz CT molecular complexity index is 1190. The fraction of sp³-hybridized carbons (Fsp3) is 0.0526. The zero-order chi connectivity index (χ0) is 22.7. The average molecular weight is 483 g/mol. The van der Waals surface area contributed by atoms with Gasteiger partial charge in [0, 0.05) is 13.0 Å². The summed E-state index contributed by atoms with van der Waals surface area (Å²) >= 11 is 4.12. The second-order valence-electron chi connectivity index (χ2n) is 5.37. The zero-order valence-corrected chi connectivity index (χ0v) is 18.6. The van der Waals surface area contributed by atoms with Crippen LogP contribution in [-0.4, -0.2) is 11.9 Å². The molecule has 0 saturated carbocycles. The third-order valence-corrected chi connectivity index (χ3v) is 8.68. The van der Waals surface area contributed by atoms with Gasteiger partial charge < -0.3 is 9.47 Å². The third kappa shape index (κ3) is 4.16. The highest BCUT2D eigenvalue weighted by molar-refractivity contribution is 8.26. The van der Waals surface area contributed by atoms with Gasteiger partial charge in [0.1, 0.15) is 35.4 Å². The van der Waals surface area contributed by atoms with Gasteiger partial charge in [-0.1, -0.05) is 53.6 Å². The van der Waals surface area contributed by atoms with Crippen molar-refractivity contribution in [1.29, 1.82) is 21.0 Å². The Kier molecular flexibility index (Phi) is 6.70. The van der Waals surface area contributed by atoms with Gasteiger partial charge in [0.05, 0.1) is 28.1 Å². The van der Waals surface area contributed by atoms with Crippen LogP contribution in [0.25, 0.3) is 0 Å². The van der Waals surface area contributed by atoms with Gasteiger partial charge in [-0.15, -0.1) is 0 Å². The van der Waals surface area contributed by atoms with Crippen molar-refractivity contribution in [2.24, 2.45) is 0 Å². The first-order chi connectivity index (χ1) is 14.9. The number of fused-ring (bicyclic) bond motifs is 2. The van der Waals surface area contributed by atoms with Crippen LogP contribution >= 0.6 is 47.0 Å². The van der Waals surface area contributed by atoms with E-state index in [-0.39, 0.29) is 22.6 Å². The number of nitriles is 4. The maximum Gasteiger partial charge on any atom is 0.335 e. The van der Waals surface area contributed by atoms with Crippen molar-refractivity contribution >= 4 is 59.0 Å². The molecule has 0 amide bonds. The van der Waals surface area contributed by atoms with Crippen molar-refractivity contribution in [3.05, 3.63) is 32.3 Å². The lowest BCUT2D eigenvalue weighted by atomic mass is 10.3. The number of benzene rings is 1. The summed E-state index contributed by atoms with van der Waals surface area (Å²) in [5.41, 5.74) is -0.281. The Morgan fingerprint density at radius 3 is 1.42 bits per heavy atom. The summed E-state index contributed by atoms with van der Waals surface area (Å²) in [7, 11) is 0. The number of esters is 2. The molecule has 12 heteroatoms. The summed E-state index contributed by atoms with van der Waals surface area (Å²) in [6.45, 7) is 4.59. The zero-order valence-electron chi connectivity index (χ0n) is 15.3. The van der Waals surface area contributed by atoms with Crippen LogP contribution in [0.2, 0.25) is 0 Å². The first-order valence-corrected chi connectivity index (χ1v) is 11.2. The van der Waals surface area contributed by atoms with Crippen molar-refractivity contribution in [3.8, 4) is 35.8 Å². The van der Waals surface area contributed by atoms with Gasteiger partial charge in [0.25, 0.3) is 0 Å². The largest absolute Gasteiger partial charge is 0.424 e. The van der Waals surface area contributed by atoms with E-state index >= 15 is 0 Å². The Morgan fingerprint density at radius 1 is 0.774 bits per heavy atom. The molecule has 0 fully saturated rings. The van der Waals surface area contributed by atoms with E-state index in [0.717, 1.165) is 53.1 Å². The molecule has 0 unspecified atom stereocenters. The summed E-state index contributed by atoms with van der Waals surface area (Å²) in [5.74, 6) is -1.12. The molecule has 0 aliphatic carbocycles. The van der Waals surface area contributed by atoms with Gasteiger partial charge in [-0.2, -0.15) is 21.0 Å². The fourth-order valence-corrected chi connectivity index (χ4v) is 7.47. The van der Waals surface area contributed by atoms with Crippen LogP contribution in [-0.2, 0) is 9.59 Å².